The molecule has 0 amide bonds. The monoisotopic (exact) mass is 244 g/mol. The lowest BCUT2D eigenvalue weighted by Crippen LogP contribution is -2.28. The van der Waals surface area contributed by atoms with Crippen molar-refractivity contribution < 1.29 is 0 Å². The molecule has 1 aromatic rings. The Morgan fingerprint density at radius 3 is 3.06 bits per heavy atom. The minimum atomic E-state index is 0.223. The number of aliphatic imine (C=N–C) groups is 1. The van der Waals surface area contributed by atoms with Crippen molar-refractivity contribution in [3.05, 3.63) is 23.5 Å². The minimum Gasteiger partial charge on any atom is -0.296 e. The number of fused-ring (bicyclic) bond motifs is 1. The van der Waals surface area contributed by atoms with Crippen LogP contribution < -0.4 is 5.43 Å². The average molecular weight is 244 g/mol. The lowest BCUT2D eigenvalue weighted by molar-refractivity contribution is 0.418. The van der Waals surface area contributed by atoms with E-state index in [0.29, 0.717) is 0 Å². The van der Waals surface area contributed by atoms with Crippen LogP contribution in [0.3, 0.4) is 0 Å². The van der Waals surface area contributed by atoms with E-state index in [1.165, 1.54) is 24.1 Å². The van der Waals surface area contributed by atoms with Gasteiger partial charge in [-0.3, -0.25) is 20.4 Å². The molecule has 1 aliphatic carbocycles. The lowest BCUT2D eigenvalue weighted by Gasteiger charge is -2.31. The molecule has 0 aromatic carbocycles. The zero-order valence-electron chi connectivity index (χ0n) is 11.1. The summed E-state index contributed by atoms with van der Waals surface area (Å²) in [4.78, 5) is 8.87. The molecule has 1 aromatic heterocycles. The summed E-state index contributed by atoms with van der Waals surface area (Å²) >= 11 is 0. The second-order valence-corrected chi connectivity index (χ2v) is 5.80. The van der Waals surface area contributed by atoms with Crippen LogP contribution in [0.15, 0.2) is 17.3 Å². The molecule has 3 rings (SSSR count). The van der Waals surface area contributed by atoms with Crippen molar-refractivity contribution >= 4 is 12.0 Å². The summed E-state index contributed by atoms with van der Waals surface area (Å²) in [7, 11) is 0. The third kappa shape index (κ3) is 2.07. The third-order valence-corrected chi connectivity index (χ3v) is 3.82. The average Bonchev–Trinajstić information content (AvgIpc) is 2.81. The number of anilines is 1. The van der Waals surface area contributed by atoms with Crippen LogP contribution in [0.5, 0.6) is 0 Å². The summed E-state index contributed by atoms with van der Waals surface area (Å²) in [6, 6.07) is 2.25. The van der Waals surface area contributed by atoms with Gasteiger partial charge in [-0.1, -0.05) is 13.8 Å². The molecule has 0 spiro atoms. The lowest BCUT2D eigenvalue weighted by atomic mass is 9.76. The number of pyridine rings is 1. The molecule has 4 nitrogen and oxygen atoms in total. The fourth-order valence-electron chi connectivity index (χ4n) is 2.84. The van der Waals surface area contributed by atoms with E-state index in [1.54, 1.807) is 0 Å². The first-order chi connectivity index (χ1) is 8.65. The van der Waals surface area contributed by atoms with Crippen molar-refractivity contribution in [1.29, 1.82) is 0 Å². The van der Waals surface area contributed by atoms with Gasteiger partial charge in [0.2, 0.25) is 0 Å². The molecule has 1 aliphatic heterocycles. The second kappa shape index (κ2) is 4.26. The highest BCUT2D eigenvalue weighted by atomic mass is 15.5. The van der Waals surface area contributed by atoms with Crippen LogP contribution in [-0.2, 0) is 11.8 Å². The Balaban J connectivity index is 1.84. The molecule has 0 atom stereocenters. The van der Waals surface area contributed by atoms with Gasteiger partial charge in [0.05, 0.1) is 25.0 Å². The van der Waals surface area contributed by atoms with Crippen molar-refractivity contribution in [1.82, 2.24) is 9.99 Å². The summed E-state index contributed by atoms with van der Waals surface area (Å²) < 4.78 is 0. The molecule has 2 heterocycles. The number of aryl methyl sites for hydroxylation is 1. The summed E-state index contributed by atoms with van der Waals surface area (Å²) in [5, 5.41) is 2.01. The van der Waals surface area contributed by atoms with Gasteiger partial charge in [0, 0.05) is 11.1 Å². The first kappa shape index (κ1) is 11.5. The van der Waals surface area contributed by atoms with Gasteiger partial charge < -0.3 is 0 Å². The van der Waals surface area contributed by atoms with E-state index in [9.17, 15) is 0 Å². The smallest absolute Gasteiger partial charge is 0.104 e. The topological polar surface area (TPSA) is 40.5 Å². The number of nitrogens with zero attached hydrogens (tertiary/aromatic N) is 3. The first-order valence-corrected chi connectivity index (χ1v) is 6.68. The van der Waals surface area contributed by atoms with E-state index in [2.05, 4.69) is 35.3 Å². The quantitative estimate of drug-likeness (QED) is 0.868. The van der Waals surface area contributed by atoms with Crippen LogP contribution in [0.4, 0.5) is 5.69 Å². The van der Waals surface area contributed by atoms with Gasteiger partial charge in [-0.05, 0) is 30.9 Å². The summed E-state index contributed by atoms with van der Waals surface area (Å²) in [6.45, 7) is 6.39. The predicted octanol–water partition coefficient (Wildman–Crippen LogP) is 2.37. The maximum atomic E-state index is 4.68. The van der Waals surface area contributed by atoms with E-state index >= 15 is 0 Å². The van der Waals surface area contributed by atoms with Gasteiger partial charge >= 0.3 is 0 Å². The standard InChI is InChI=1S/C14H20N4/c1-14(2)5-3-4-11-8-12(9-16-13(11)14)17-18-7-6-15-10-18/h8-10,17H,3-7H2,1-2H3. The van der Waals surface area contributed by atoms with E-state index in [-0.39, 0.29) is 5.41 Å². The largest absolute Gasteiger partial charge is 0.296 e. The molecule has 2 aliphatic rings. The fraction of sp³-hybridized carbons (Fsp3) is 0.571. The third-order valence-electron chi connectivity index (χ3n) is 3.82. The second-order valence-electron chi connectivity index (χ2n) is 5.80. The van der Waals surface area contributed by atoms with Gasteiger partial charge in [-0.25, -0.2) is 0 Å². The number of hydrogen-bond donors (Lipinski definition) is 1. The number of hydrazine groups is 1. The van der Waals surface area contributed by atoms with Gasteiger partial charge in [0.15, 0.2) is 0 Å². The normalized spacial score (nSPS) is 20.9. The molecule has 0 saturated heterocycles. The highest BCUT2D eigenvalue weighted by Crippen LogP contribution is 2.36. The highest BCUT2D eigenvalue weighted by Gasteiger charge is 2.28. The number of aromatic nitrogens is 1. The molecule has 96 valence electrons. The molecule has 0 saturated carbocycles. The summed E-state index contributed by atoms with van der Waals surface area (Å²) in [6.07, 6.45) is 7.44. The van der Waals surface area contributed by atoms with Crippen molar-refractivity contribution in [2.45, 2.75) is 38.5 Å². The number of nitrogens with one attached hydrogen (secondary N) is 1. The molecule has 0 bridgehead atoms. The summed E-state index contributed by atoms with van der Waals surface area (Å²) in [5.74, 6) is 0. The van der Waals surface area contributed by atoms with Crippen molar-refractivity contribution in [3.63, 3.8) is 0 Å². The van der Waals surface area contributed by atoms with Crippen LogP contribution in [0.2, 0.25) is 0 Å². The Bertz CT molecular complexity index is 479. The minimum absolute atomic E-state index is 0.223. The molecule has 0 radical (unpaired) electrons. The SMILES string of the molecule is CC1(C)CCCc2cc(NN3C=NCC3)cnc21. The van der Waals surface area contributed by atoms with Crippen molar-refractivity contribution in [2.24, 2.45) is 4.99 Å². The van der Waals surface area contributed by atoms with Crippen LogP contribution in [0.25, 0.3) is 0 Å². The Hall–Kier alpha value is -1.58. The maximum Gasteiger partial charge on any atom is 0.104 e. The van der Waals surface area contributed by atoms with Crippen LogP contribution in [0, 0.1) is 0 Å². The molecule has 4 heteroatoms. The Morgan fingerprint density at radius 1 is 1.39 bits per heavy atom. The van der Waals surface area contributed by atoms with Gasteiger partial charge in [-0.15, -0.1) is 0 Å². The molecular weight excluding hydrogens is 224 g/mol. The van der Waals surface area contributed by atoms with Gasteiger partial charge in [-0.2, -0.15) is 0 Å². The fourth-order valence-corrected chi connectivity index (χ4v) is 2.84. The zero-order chi connectivity index (χ0) is 12.6. The van der Waals surface area contributed by atoms with Crippen LogP contribution >= 0.6 is 0 Å². The number of rotatable bonds is 2. The molecular formula is C14H20N4. The number of hydrogen-bond acceptors (Lipinski definition) is 4. The molecule has 18 heavy (non-hydrogen) atoms. The van der Waals surface area contributed by atoms with Crippen LogP contribution in [-0.4, -0.2) is 29.4 Å². The van der Waals surface area contributed by atoms with E-state index < -0.39 is 0 Å². The Kier molecular flexibility index (Phi) is 2.73. The van der Waals surface area contributed by atoms with E-state index in [0.717, 1.165) is 25.2 Å². The van der Waals surface area contributed by atoms with Crippen molar-refractivity contribution in [2.75, 3.05) is 18.5 Å². The Morgan fingerprint density at radius 2 is 2.28 bits per heavy atom. The Labute approximate surface area is 108 Å². The van der Waals surface area contributed by atoms with E-state index in [1.807, 2.05) is 17.5 Å². The van der Waals surface area contributed by atoms with Gasteiger partial charge in [0.1, 0.15) is 6.34 Å². The zero-order valence-corrected chi connectivity index (χ0v) is 11.1. The van der Waals surface area contributed by atoms with E-state index in [4.69, 9.17) is 0 Å². The summed E-state index contributed by atoms with van der Waals surface area (Å²) in [5.41, 5.74) is 7.30. The molecule has 0 fully saturated rings. The molecule has 0 unspecified atom stereocenters. The van der Waals surface area contributed by atoms with Crippen molar-refractivity contribution in [3.8, 4) is 0 Å². The molecule has 1 N–H and O–H groups in total. The first-order valence-electron chi connectivity index (χ1n) is 6.68. The highest BCUT2D eigenvalue weighted by molar-refractivity contribution is 5.61. The van der Waals surface area contributed by atoms with Gasteiger partial charge in [0.25, 0.3) is 0 Å². The maximum absolute atomic E-state index is 4.68. The van der Waals surface area contributed by atoms with Crippen LogP contribution in [0.1, 0.15) is 37.9 Å². The predicted molar refractivity (Wildman–Crippen MR) is 73.9 cm³/mol.